The second-order valence-corrected chi connectivity index (χ2v) is 3.61. The number of carbonyl (C=O) groups is 1. The van der Waals surface area contributed by atoms with Crippen LogP contribution in [0.3, 0.4) is 0 Å². The van der Waals surface area contributed by atoms with Gasteiger partial charge in [-0.3, -0.25) is 4.79 Å². The van der Waals surface area contributed by atoms with Gasteiger partial charge in [-0.15, -0.1) is 0 Å². The summed E-state index contributed by atoms with van der Waals surface area (Å²) in [6, 6.07) is 5.73. The van der Waals surface area contributed by atoms with Crippen LogP contribution >= 0.6 is 0 Å². The van der Waals surface area contributed by atoms with Gasteiger partial charge in [0.05, 0.1) is 12.2 Å². The second-order valence-electron chi connectivity index (χ2n) is 3.61. The fourth-order valence-electron chi connectivity index (χ4n) is 1.43. The van der Waals surface area contributed by atoms with Crippen molar-refractivity contribution in [2.24, 2.45) is 0 Å². The summed E-state index contributed by atoms with van der Waals surface area (Å²) in [7, 11) is 0. The molecule has 17 heavy (non-hydrogen) atoms. The Morgan fingerprint density at radius 1 is 1.41 bits per heavy atom. The maximum atomic E-state index is 12.7. The lowest BCUT2D eigenvalue weighted by Gasteiger charge is -2.12. The molecule has 0 bridgehead atoms. The Balaban J connectivity index is 2.04. The first-order valence-electron chi connectivity index (χ1n) is 5.11. The number of amides is 1. The van der Waals surface area contributed by atoms with Gasteiger partial charge in [0.1, 0.15) is 5.82 Å². The molecule has 1 N–H and O–H groups in total. The van der Waals surface area contributed by atoms with Gasteiger partial charge in [-0.1, -0.05) is 12.1 Å². The quantitative estimate of drug-likeness (QED) is 0.886. The average Bonchev–Trinajstić information content (AvgIpc) is 2.83. The molecule has 0 radical (unpaired) electrons. The summed E-state index contributed by atoms with van der Waals surface area (Å²) in [4.78, 5) is 15.3. The molecule has 5 heteroatoms. The Morgan fingerprint density at radius 3 is 2.71 bits per heavy atom. The van der Waals surface area contributed by atoms with Gasteiger partial charge in [0.15, 0.2) is 6.39 Å². The molecule has 1 aromatic heterocycles. The number of hydrogen-bond acceptors (Lipinski definition) is 3. The minimum atomic E-state index is -0.348. The Labute approximate surface area is 97.5 Å². The normalized spacial score (nSPS) is 12.1. The van der Waals surface area contributed by atoms with Crippen LogP contribution in [0.25, 0.3) is 0 Å². The summed E-state index contributed by atoms with van der Waals surface area (Å²) >= 11 is 0. The highest BCUT2D eigenvalue weighted by Crippen LogP contribution is 2.13. The monoisotopic (exact) mass is 234 g/mol. The summed E-state index contributed by atoms with van der Waals surface area (Å²) in [6.07, 6.45) is 2.53. The van der Waals surface area contributed by atoms with Crippen molar-refractivity contribution in [1.82, 2.24) is 10.3 Å². The molecular weight excluding hydrogens is 223 g/mol. The van der Waals surface area contributed by atoms with E-state index < -0.39 is 0 Å². The van der Waals surface area contributed by atoms with Gasteiger partial charge in [0.2, 0.25) is 5.76 Å². The van der Waals surface area contributed by atoms with Crippen LogP contribution in [-0.4, -0.2) is 10.9 Å². The zero-order valence-corrected chi connectivity index (χ0v) is 9.18. The predicted molar refractivity (Wildman–Crippen MR) is 58.8 cm³/mol. The molecule has 1 heterocycles. The van der Waals surface area contributed by atoms with Crippen molar-refractivity contribution in [3.05, 3.63) is 54.0 Å². The number of aromatic nitrogens is 1. The van der Waals surface area contributed by atoms with E-state index in [2.05, 4.69) is 10.3 Å². The van der Waals surface area contributed by atoms with E-state index in [9.17, 15) is 9.18 Å². The Morgan fingerprint density at radius 2 is 2.12 bits per heavy atom. The number of oxazole rings is 1. The van der Waals surface area contributed by atoms with Crippen molar-refractivity contribution < 1.29 is 13.6 Å². The third kappa shape index (κ3) is 2.69. The minimum Gasteiger partial charge on any atom is -0.438 e. The van der Waals surface area contributed by atoms with E-state index in [1.165, 1.54) is 24.7 Å². The SMILES string of the molecule is CC(NC(=O)c1cnco1)c1ccc(F)cc1. The van der Waals surface area contributed by atoms with Gasteiger partial charge in [-0.25, -0.2) is 9.37 Å². The molecule has 2 aromatic rings. The molecule has 0 aliphatic heterocycles. The van der Waals surface area contributed by atoms with Crippen molar-refractivity contribution >= 4 is 5.91 Å². The largest absolute Gasteiger partial charge is 0.438 e. The summed E-state index contributed by atoms with van der Waals surface area (Å²) in [5.41, 5.74) is 0.819. The van der Waals surface area contributed by atoms with Crippen LogP contribution in [-0.2, 0) is 0 Å². The third-order valence-electron chi connectivity index (χ3n) is 2.37. The molecule has 0 spiro atoms. The number of nitrogens with zero attached hydrogens (tertiary/aromatic N) is 1. The molecule has 0 saturated heterocycles. The van der Waals surface area contributed by atoms with E-state index in [4.69, 9.17) is 4.42 Å². The second kappa shape index (κ2) is 4.78. The maximum Gasteiger partial charge on any atom is 0.289 e. The fourth-order valence-corrected chi connectivity index (χ4v) is 1.43. The average molecular weight is 234 g/mol. The van der Waals surface area contributed by atoms with Crippen LogP contribution < -0.4 is 5.32 Å². The van der Waals surface area contributed by atoms with Gasteiger partial charge in [0.25, 0.3) is 5.91 Å². The summed E-state index contributed by atoms with van der Waals surface area (Å²) < 4.78 is 17.6. The molecule has 1 atom stereocenters. The summed E-state index contributed by atoms with van der Waals surface area (Å²) in [6.45, 7) is 1.81. The van der Waals surface area contributed by atoms with Crippen LogP contribution in [0, 0.1) is 5.82 Å². The minimum absolute atomic E-state index is 0.152. The van der Waals surface area contributed by atoms with Gasteiger partial charge in [0, 0.05) is 0 Å². The number of benzene rings is 1. The van der Waals surface area contributed by atoms with Gasteiger partial charge < -0.3 is 9.73 Å². The number of halogens is 1. The lowest BCUT2D eigenvalue weighted by Crippen LogP contribution is -2.26. The van der Waals surface area contributed by atoms with E-state index in [1.807, 2.05) is 6.92 Å². The predicted octanol–water partition coefficient (Wildman–Crippen LogP) is 2.30. The van der Waals surface area contributed by atoms with Crippen molar-refractivity contribution in [2.75, 3.05) is 0 Å². The lowest BCUT2D eigenvalue weighted by molar-refractivity contribution is 0.0912. The maximum absolute atomic E-state index is 12.7. The number of nitrogens with one attached hydrogen (secondary N) is 1. The van der Waals surface area contributed by atoms with Crippen LogP contribution in [0.4, 0.5) is 4.39 Å². The van der Waals surface area contributed by atoms with E-state index >= 15 is 0 Å². The van der Waals surface area contributed by atoms with Crippen LogP contribution in [0.5, 0.6) is 0 Å². The number of rotatable bonds is 3. The zero-order chi connectivity index (χ0) is 12.3. The van der Waals surface area contributed by atoms with Crippen LogP contribution in [0.2, 0.25) is 0 Å². The zero-order valence-electron chi connectivity index (χ0n) is 9.18. The highest BCUT2D eigenvalue weighted by molar-refractivity contribution is 5.91. The fraction of sp³-hybridized carbons (Fsp3) is 0.167. The summed E-state index contributed by atoms with van der Waals surface area (Å²) in [5.74, 6) is -0.499. The van der Waals surface area contributed by atoms with E-state index in [-0.39, 0.29) is 23.5 Å². The number of carbonyl (C=O) groups excluding carboxylic acids is 1. The van der Waals surface area contributed by atoms with Crippen LogP contribution in [0.1, 0.15) is 29.1 Å². The standard InChI is InChI=1S/C12H11FN2O2/c1-8(9-2-4-10(13)5-3-9)15-12(16)11-6-14-7-17-11/h2-8H,1H3,(H,15,16). The Hall–Kier alpha value is -2.17. The molecule has 88 valence electrons. The van der Waals surface area contributed by atoms with Gasteiger partial charge in [-0.05, 0) is 24.6 Å². The molecule has 1 amide bonds. The van der Waals surface area contributed by atoms with E-state index in [0.29, 0.717) is 0 Å². The third-order valence-corrected chi connectivity index (χ3v) is 2.37. The van der Waals surface area contributed by atoms with E-state index in [1.54, 1.807) is 12.1 Å². The Kier molecular flexibility index (Phi) is 3.18. The first-order chi connectivity index (χ1) is 8.16. The van der Waals surface area contributed by atoms with Crippen molar-refractivity contribution in [2.45, 2.75) is 13.0 Å². The van der Waals surface area contributed by atoms with Gasteiger partial charge in [-0.2, -0.15) is 0 Å². The molecular formula is C12H11FN2O2. The van der Waals surface area contributed by atoms with Crippen molar-refractivity contribution in [3.8, 4) is 0 Å². The molecule has 0 aliphatic rings. The van der Waals surface area contributed by atoms with Crippen LogP contribution in [0.15, 0.2) is 41.3 Å². The molecule has 1 unspecified atom stereocenters. The Bertz CT molecular complexity index is 494. The molecule has 0 fully saturated rings. The molecule has 4 nitrogen and oxygen atoms in total. The highest BCUT2D eigenvalue weighted by atomic mass is 19.1. The lowest BCUT2D eigenvalue weighted by atomic mass is 10.1. The van der Waals surface area contributed by atoms with E-state index in [0.717, 1.165) is 5.56 Å². The number of hydrogen-bond donors (Lipinski definition) is 1. The van der Waals surface area contributed by atoms with Crippen molar-refractivity contribution in [1.29, 1.82) is 0 Å². The summed E-state index contributed by atoms with van der Waals surface area (Å²) in [5, 5.41) is 2.72. The first kappa shape index (κ1) is 11.3. The molecule has 0 aliphatic carbocycles. The highest BCUT2D eigenvalue weighted by Gasteiger charge is 2.13. The molecule has 0 saturated carbocycles. The molecule has 1 aromatic carbocycles. The topological polar surface area (TPSA) is 55.1 Å². The molecule has 2 rings (SSSR count). The van der Waals surface area contributed by atoms with Gasteiger partial charge >= 0.3 is 0 Å². The van der Waals surface area contributed by atoms with Crippen molar-refractivity contribution in [3.63, 3.8) is 0 Å². The smallest absolute Gasteiger partial charge is 0.289 e. The first-order valence-corrected chi connectivity index (χ1v) is 5.11.